The van der Waals surface area contributed by atoms with Gasteiger partial charge in [0.1, 0.15) is 12.1 Å². The highest BCUT2D eigenvalue weighted by Crippen LogP contribution is 2.47. The maximum Gasteiger partial charge on any atom is 0.161 e. The Labute approximate surface area is 167 Å². The first-order chi connectivity index (χ1) is 13.8. The standard InChI is InChI=1S/C24H28N2O2/c1-27-22-10-9-19(15-24(22)28-23-14-18-7-8-20(23)13-18)21(16-25)26-12-11-17-5-3-2-4-6-17/h2-6,9-10,15,18,20-21,23,26H,7-8,11-14H2,1H3. The fourth-order valence-electron chi connectivity index (χ4n) is 4.70. The molecule has 2 saturated carbocycles. The van der Waals surface area contributed by atoms with Gasteiger partial charge in [0.2, 0.25) is 0 Å². The Morgan fingerprint density at radius 3 is 2.64 bits per heavy atom. The van der Waals surface area contributed by atoms with Crippen LogP contribution in [0.5, 0.6) is 11.5 Å². The quantitative estimate of drug-likeness (QED) is 0.728. The minimum atomic E-state index is -0.364. The van der Waals surface area contributed by atoms with E-state index in [0.29, 0.717) is 5.92 Å². The SMILES string of the molecule is COc1ccc(C(C#N)NCCc2ccccc2)cc1OC1CC2CCC1C2. The van der Waals surface area contributed by atoms with Crippen LogP contribution in [0.2, 0.25) is 0 Å². The minimum Gasteiger partial charge on any atom is -0.493 e. The molecule has 0 amide bonds. The molecule has 2 fully saturated rings. The number of nitrogens with one attached hydrogen (secondary N) is 1. The van der Waals surface area contributed by atoms with Crippen molar-refractivity contribution in [2.75, 3.05) is 13.7 Å². The molecule has 4 unspecified atom stereocenters. The second-order valence-electron chi connectivity index (χ2n) is 7.99. The fourth-order valence-corrected chi connectivity index (χ4v) is 4.70. The van der Waals surface area contributed by atoms with E-state index in [1.807, 2.05) is 36.4 Å². The first-order valence-electron chi connectivity index (χ1n) is 10.3. The number of hydrogen-bond donors (Lipinski definition) is 1. The van der Waals surface area contributed by atoms with E-state index in [0.717, 1.165) is 42.4 Å². The molecule has 4 atom stereocenters. The van der Waals surface area contributed by atoms with Gasteiger partial charge in [0.05, 0.1) is 13.2 Å². The van der Waals surface area contributed by atoms with Crippen molar-refractivity contribution in [3.63, 3.8) is 0 Å². The summed E-state index contributed by atoms with van der Waals surface area (Å²) in [7, 11) is 1.67. The number of fused-ring (bicyclic) bond motifs is 2. The number of rotatable bonds is 8. The van der Waals surface area contributed by atoms with Gasteiger partial charge in [-0.25, -0.2) is 0 Å². The molecule has 146 valence electrons. The molecule has 4 heteroatoms. The second kappa shape index (κ2) is 8.67. The molecule has 28 heavy (non-hydrogen) atoms. The third-order valence-electron chi connectivity index (χ3n) is 6.21. The number of nitriles is 1. The van der Waals surface area contributed by atoms with Gasteiger partial charge < -0.3 is 9.47 Å². The molecule has 1 N–H and O–H groups in total. The highest BCUT2D eigenvalue weighted by molar-refractivity contribution is 5.45. The van der Waals surface area contributed by atoms with Crippen molar-refractivity contribution in [1.82, 2.24) is 5.32 Å². The lowest BCUT2D eigenvalue weighted by Gasteiger charge is -2.25. The molecule has 0 spiro atoms. The smallest absolute Gasteiger partial charge is 0.161 e. The van der Waals surface area contributed by atoms with E-state index in [2.05, 4.69) is 23.5 Å². The predicted octanol–water partition coefficient (Wildman–Crippen LogP) is 4.66. The molecule has 0 aromatic heterocycles. The van der Waals surface area contributed by atoms with E-state index < -0.39 is 0 Å². The number of ether oxygens (including phenoxy) is 2. The Kier molecular flexibility index (Phi) is 5.83. The van der Waals surface area contributed by atoms with Crippen molar-refractivity contribution in [2.45, 2.75) is 44.2 Å². The number of benzene rings is 2. The lowest BCUT2D eigenvalue weighted by molar-refractivity contribution is 0.133. The zero-order valence-corrected chi connectivity index (χ0v) is 16.4. The van der Waals surface area contributed by atoms with Crippen molar-refractivity contribution in [3.05, 3.63) is 59.7 Å². The Morgan fingerprint density at radius 2 is 1.96 bits per heavy atom. The zero-order chi connectivity index (χ0) is 19.3. The lowest BCUT2D eigenvalue weighted by atomic mass is 9.97. The van der Waals surface area contributed by atoms with Crippen LogP contribution in [0.4, 0.5) is 0 Å². The molecule has 0 radical (unpaired) electrons. The van der Waals surface area contributed by atoms with E-state index in [-0.39, 0.29) is 12.1 Å². The monoisotopic (exact) mass is 376 g/mol. The van der Waals surface area contributed by atoms with Gasteiger partial charge in [-0.05, 0) is 67.2 Å². The summed E-state index contributed by atoms with van der Waals surface area (Å²) in [5, 5.41) is 13.0. The van der Waals surface area contributed by atoms with Gasteiger partial charge in [0.15, 0.2) is 11.5 Å². The van der Waals surface area contributed by atoms with Crippen molar-refractivity contribution >= 4 is 0 Å². The minimum absolute atomic E-state index is 0.287. The van der Waals surface area contributed by atoms with Gasteiger partial charge >= 0.3 is 0 Å². The highest BCUT2D eigenvalue weighted by atomic mass is 16.5. The normalized spacial score (nSPS) is 23.9. The summed E-state index contributed by atoms with van der Waals surface area (Å²) in [6.07, 6.45) is 6.25. The van der Waals surface area contributed by atoms with Crippen molar-refractivity contribution in [3.8, 4) is 17.6 Å². The van der Waals surface area contributed by atoms with Gasteiger partial charge in [-0.3, -0.25) is 5.32 Å². The summed E-state index contributed by atoms with van der Waals surface area (Å²) >= 11 is 0. The predicted molar refractivity (Wildman–Crippen MR) is 109 cm³/mol. The van der Waals surface area contributed by atoms with Gasteiger partial charge in [0, 0.05) is 6.54 Å². The van der Waals surface area contributed by atoms with Crippen LogP contribution in [-0.2, 0) is 6.42 Å². The van der Waals surface area contributed by atoms with E-state index in [9.17, 15) is 5.26 Å². The Morgan fingerprint density at radius 1 is 1.11 bits per heavy atom. The van der Waals surface area contributed by atoms with Crippen LogP contribution in [0.25, 0.3) is 0 Å². The summed E-state index contributed by atoms with van der Waals surface area (Å²) in [4.78, 5) is 0. The van der Waals surface area contributed by atoms with E-state index in [1.165, 1.54) is 24.8 Å². The second-order valence-corrected chi connectivity index (χ2v) is 7.99. The molecule has 4 rings (SSSR count). The Balaban J connectivity index is 1.43. The summed E-state index contributed by atoms with van der Waals surface area (Å²) in [6, 6.07) is 18.2. The van der Waals surface area contributed by atoms with Crippen LogP contribution in [0, 0.1) is 23.2 Å². The Hall–Kier alpha value is -2.51. The molecule has 4 nitrogen and oxygen atoms in total. The average Bonchev–Trinajstić information content (AvgIpc) is 3.35. The van der Waals surface area contributed by atoms with Crippen LogP contribution in [0.15, 0.2) is 48.5 Å². The lowest BCUT2D eigenvalue weighted by Crippen LogP contribution is -2.24. The van der Waals surface area contributed by atoms with E-state index in [1.54, 1.807) is 7.11 Å². The van der Waals surface area contributed by atoms with Gasteiger partial charge in [-0.2, -0.15) is 5.26 Å². The van der Waals surface area contributed by atoms with Crippen LogP contribution in [0.3, 0.4) is 0 Å². The maximum atomic E-state index is 9.68. The third kappa shape index (κ3) is 4.15. The first-order valence-corrected chi connectivity index (χ1v) is 10.3. The Bertz CT molecular complexity index is 830. The van der Waals surface area contributed by atoms with E-state index in [4.69, 9.17) is 9.47 Å². The van der Waals surface area contributed by atoms with Gasteiger partial charge in [-0.15, -0.1) is 0 Å². The molecule has 2 bridgehead atoms. The fraction of sp³-hybridized carbons (Fsp3) is 0.458. The summed E-state index contributed by atoms with van der Waals surface area (Å²) in [5.41, 5.74) is 2.19. The molecule has 2 aliphatic rings. The van der Waals surface area contributed by atoms with Crippen molar-refractivity contribution in [1.29, 1.82) is 5.26 Å². The van der Waals surface area contributed by atoms with E-state index >= 15 is 0 Å². The van der Waals surface area contributed by atoms with Crippen LogP contribution < -0.4 is 14.8 Å². The summed E-state index contributed by atoms with van der Waals surface area (Å²) in [5.74, 6) is 3.01. The van der Waals surface area contributed by atoms with Crippen molar-refractivity contribution in [2.24, 2.45) is 11.8 Å². The van der Waals surface area contributed by atoms with Crippen LogP contribution in [-0.4, -0.2) is 19.8 Å². The van der Waals surface area contributed by atoms with Crippen LogP contribution >= 0.6 is 0 Å². The maximum absolute atomic E-state index is 9.68. The molecular weight excluding hydrogens is 348 g/mol. The molecular formula is C24H28N2O2. The topological polar surface area (TPSA) is 54.3 Å². The molecule has 0 heterocycles. The first kappa shape index (κ1) is 18.8. The van der Waals surface area contributed by atoms with Crippen molar-refractivity contribution < 1.29 is 9.47 Å². The molecule has 2 aromatic rings. The largest absolute Gasteiger partial charge is 0.493 e. The third-order valence-corrected chi connectivity index (χ3v) is 6.21. The summed E-state index contributed by atoms with van der Waals surface area (Å²) in [6.45, 7) is 0.747. The van der Waals surface area contributed by atoms with Crippen LogP contribution in [0.1, 0.15) is 42.9 Å². The molecule has 0 saturated heterocycles. The number of methoxy groups -OCH3 is 1. The molecule has 0 aliphatic heterocycles. The average molecular weight is 377 g/mol. The number of hydrogen-bond acceptors (Lipinski definition) is 4. The number of nitrogens with zero attached hydrogens (tertiary/aromatic N) is 1. The highest BCUT2D eigenvalue weighted by Gasteiger charge is 2.41. The summed E-state index contributed by atoms with van der Waals surface area (Å²) < 4.78 is 11.9. The zero-order valence-electron chi connectivity index (χ0n) is 16.4. The molecule has 2 aromatic carbocycles. The molecule has 2 aliphatic carbocycles. The van der Waals surface area contributed by atoms with Gasteiger partial charge in [0.25, 0.3) is 0 Å². The van der Waals surface area contributed by atoms with Gasteiger partial charge in [-0.1, -0.05) is 36.4 Å².